The number of rotatable bonds is 6. The molecule has 2 aromatic carbocycles. The highest BCUT2D eigenvalue weighted by molar-refractivity contribution is 7.90. The van der Waals surface area contributed by atoms with Gasteiger partial charge in [-0.2, -0.15) is 0 Å². The molecule has 2 rings (SSSR count). The van der Waals surface area contributed by atoms with E-state index >= 15 is 0 Å². The molecular formula is C14H18N2O4S2. The largest absolute Gasteiger partial charge is 0.241 e. The Bertz CT molecular complexity index is 815. The molecule has 0 aromatic heterocycles. The minimum absolute atomic E-state index is 0.0698. The SMILES string of the molecule is CCNS(=O)(=O)c1cccc2c(S(=O)(=O)NCC)cccc12. The second kappa shape index (κ2) is 6.33. The molecule has 2 aromatic rings. The summed E-state index contributed by atoms with van der Waals surface area (Å²) in [4.78, 5) is 0.140. The van der Waals surface area contributed by atoms with E-state index in [9.17, 15) is 16.8 Å². The van der Waals surface area contributed by atoms with Crippen molar-refractivity contribution in [3.05, 3.63) is 36.4 Å². The molecule has 0 atom stereocenters. The molecule has 0 unspecified atom stereocenters. The van der Waals surface area contributed by atoms with Crippen LogP contribution in [0.25, 0.3) is 10.8 Å². The number of hydrogen-bond donors (Lipinski definition) is 2. The van der Waals surface area contributed by atoms with Gasteiger partial charge < -0.3 is 0 Å². The van der Waals surface area contributed by atoms with E-state index in [4.69, 9.17) is 0 Å². The summed E-state index contributed by atoms with van der Waals surface area (Å²) in [6.07, 6.45) is 0. The molecule has 22 heavy (non-hydrogen) atoms. The zero-order valence-corrected chi connectivity index (χ0v) is 14.0. The van der Waals surface area contributed by atoms with Gasteiger partial charge in [0.1, 0.15) is 0 Å². The number of benzene rings is 2. The van der Waals surface area contributed by atoms with Gasteiger partial charge >= 0.3 is 0 Å². The first kappa shape index (κ1) is 16.9. The van der Waals surface area contributed by atoms with Crippen LogP contribution in [0, 0.1) is 0 Å². The molecular weight excluding hydrogens is 324 g/mol. The number of fused-ring (bicyclic) bond motifs is 1. The van der Waals surface area contributed by atoms with Crippen LogP contribution in [-0.2, 0) is 20.0 Å². The van der Waals surface area contributed by atoms with E-state index in [-0.39, 0.29) is 22.9 Å². The van der Waals surface area contributed by atoms with Crippen molar-refractivity contribution in [2.75, 3.05) is 13.1 Å². The third kappa shape index (κ3) is 3.14. The van der Waals surface area contributed by atoms with Gasteiger partial charge in [0.2, 0.25) is 20.0 Å². The van der Waals surface area contributed by atoms with Crippen LogP contribution in [0.4, 0.5) is 0 Å². The van der Waals surface area contributed by atoms with E-state index in [0.717, 1.165) is 0 Å². The van der Waals surface area contributed by atoms with Gasteiger partial charge in [0.25, 0.3) is 0 Å². The minimum Gasteiger partial charge on any atom is -0.211 e. The molecule has 120 valence electrons. The zero-order valence-electron chi connectivity index (χ0n) is 12.3. The predicted molar refractivity (Wildman–Crippen MR) is 85.7 cm³/mol. The van der Waals surface area contributed by atoms with Crippen molar-refractivity contribution in [1.82, 2.24) is 9.44 Å². The molecule has 0 fully saturated rings. The van der Waals surface area contributed by atoms with Crippen molar-refractivity contribution in [3.63, 3.8) is 0 Å². The molecule has 0 bridgehead atoms. The molecule has 0 saturated heterocycles. The van der Waals surface area contributed by atoms with Crippen LogP contribution < -0.4 is 9.44 Å². The molecule has 0 radical (unpaired) electrons. The minimum atomic E-state index is -3.68. The van der Waals surface area contributed by atoms with E-state index in [2.05, 4.69) is 9.44 Å². The van der Waals surface area contributed by atoms with Crippen molar-refractivity contribution >= 4 is 30.8 Å². The molecule has 2 N–H and O–H groups in total. The highest BCUT2D eigenvalue weighted by atomic mass is 32.2. The van der Waals surface area contributed by atoms with Crippen molar-refractivity contribution in [3.8, 4) is 0 Å². The average Bonchev–Trinajstić information content (AvgIpc) is 2.45. The average molecular weight is 342 g/mol. The molecule has 0 amide bonds. The van der Waals surface area contributed by atoms with E-state index < -0.39 is 20.0 Å². The predicted octanol–water partition coefficient (Wildman–Crippen LogP) is 1.44. The van der Waals surface area contributed by atoms with E-state index in [0.29, 0.717) is 10.8 Å². The Morgan fingerprint density at radius 3 is 1.41 bits per heavy atom. The normalized spacial score (nSPS) is 12.6. The lowest BCUT2D eigenvalue weighted by Crippen LogP contribution is -2.24. The third-order valence-corrected chi connectivity index (χ3v) is 6.30. The fraction of sp³-hybridized carbons (Fsp3) is 0.286. The van der Waals surface area contributed by atoms with Crippen molar-refractivity contribution in [2.24, 2.45) is 0 Å². The van der Waals surface area contributed by atoms with Crippen molar-refractivity contribution in [1.29, 1.82) is 0 Å². The Morgan fingerprint density at radius 2 is 1.09 bits per heavy atom. The Morgan fingerprint density at radius 1 is 0.727 bits per heavy atom. The van der Waals surface area contributed by atoms with Gasteiger partial charge in [-0.05, 0) is 12.1 Å². The first-order valence-corrected chi connectivity index (χ1v) is 9.81. The lowest BCUT2D eigenvalue weighted by molar-refractivity contribution is 0.582. The summed E-state index contributed by atoms with van der Waals surface area (Å²) in [5.41, 5.74) is 0. The molecule has 6 nitrogen and oxygen atoms in total. The van der Waals surface area contributed by atoms with Crippen LogP contribution in [-0.4, -0.2) is 29.9 Å². The van der Waals surface area contributed by atoms with E-state index in [1.807, 2.05) is 0 Å². The third-order valence-electron chi connectivity index (χ3n) is 3.09. The molecule has 0 saturated carbocycles. The lowest BCUT2D eigenvalue weighted by Gasteiger charge is -2.12. The highest BCUT2D eigenvalue weighted by Gasteiger charge is 2.21. The van der Waals surface area contributed by atoms with Crippen LogP contribution >= 0.6 is 0 Å². The van der Waals surface area contributed by atoms with Crippen LogP contribution in [0.3, 0.4) is 0 Å². The maximum absolute atomic E-state index is 12.3. The summed E-state index contributed by atoms with van der Waals surface area (Å²) in [5, 5.41) is 0.754. The first-order valence-electron chi connectivity index (χ1n) is 6.84. The quantitative estimate of drug-likeness (QED) is 0.831. The second-order valence-electron chi connectivity index (χ2n) is 4.61. The molecule has 0 spiro atoms. The number of sulfonamides is 2. The Balaban J connectivity index is 2.78. The molecule has 0 heterocycles. The Labute approximate surface area is 130 Å². The summed E-state index contributed by atoms with van der Waals surface area (Å²) in [6.45, 7) is 3.88. The number of nitrogens with one attached hydrogen (secondary N) is 2. The van der Waals surface area contributed by atoms with Gasteiger partial charge in [0, 0.05) is 23.9 Å². The Kier molecular flexibility index (Phi) is 4.86. The van der Waals surface area contributed by atoms with E-state index in [1.54, 1.807) is 26.0 Å². The van der Waals surface area contributed by atoms with Gasteiger partial charge in [0.05, 0.1) is 9.79 Å². The van der Waals surface area contributed by atoms with Crippen LogP contribution in [0.15, 0.2) is 46.2 Å². The van der Waals surface area contributed by atoms with Gasteiger partial charge in [-0.15, -0.1) is 0 Å². The summed E-state index contributed by atoms with van der Waals surface area (Å²) in [5.74, 6) is 0. The van der Waals surface area contributed by atoms with Gasteiger partial charge in [-0.3, -0.25) is 0 Å². The van der Waals surface area contributed by atoms with Gasteiger partial charge in [-0.1, -0.05) is 38.1 Å². The van der Waals surface area contributed by atoms with Crippen molar-refractivity contribution < 1.29 is 16.8 Å². The monoisotopic (exact) mass is 342 g/mol. The van der Waals surface area contributed by atoms with Crippen LogP contribution in [0.1, 0.15) is 13.8 Å². The Hall–Kier alpha value is -1.48. The smallest absolute Gasteiger partial charge is 0.211 e. The maximum Gasteiger partial charge on any atom is 0.241 e. The van der Waals surface area contributed by atoms with Gasteiger partial charge in [-0.25, -0.2) is 26.3 Å². The zero-order chi connectivity index (χ0) is 16.4. The van der Waals surface area contributed by atoms with Gasteiger partial charge in [0.15, 0.2) is 0 Å². The summed E-state index contributed by atoms with van der Waals surface area (Å²) < 4.78 is 53.9. The summed E-state index contributed by atoms with van der Waals surface area (Å²) >= 11 is 0. The van der Waals surface area contributed by atoms with Crippen LogP contribution in [0.2, 0.25) is 0 Å². The second-order valence-corrected chi connectivity index (χ2v) is 8.08. The highest BCUT2D eigenvalue weighted by Crippen LogP contribution is 2.28. The molecule has 0 aliphatic heterocycles. The standard InChI is InChI=1S/C14H18N2O4S2/c1-3-15-21(17,18)13-9-5-8-12-11(13)7-6-10-14(12)22(19,20)16-4-2/h5-10,15-16H,3-4H2,1-2H3. The van der Waals surface area contributed by atoms with Crippen molar-refractivity contribution in [2.45, 2.75) is 23.6 Å². The fourth-order valence-electron chi connectivity index (χ4n) is 2.26. The molecule has 0 aliphatic rings. The first-order chi connectivity index (χ1) is 10.3. The lowest BCUT2D eigenvalue weighted by atomic mass is 10.1. The molecule has 8 heteroatoms. The van der Waals surface area contributed by atoms with E-state index in [1.165, 1.54) is 24.3 Å². The fourth-order valence-corrected chi connectivity index (χ4v) is 4.78. The van der Waals surface area contributed by atoms with Crippen LogP contribution in [0.5, 0.6) is 0 Å². The summed E-state index contributed by atoms with van der Waals surface area (Å²) in [7, 11) is -7.35. The number of hydrogen-bond acceptors (Lipinski definition) is 4. The summed E-state index contributed by atoms with van der Waals surface area (Å²) in [6, 6.07) is 9.21. The maximum atomic E-state index is 12.3. The topological polar surface area (TPSA) is 92.3 Å². The molecule has 0 aliphatic carbocycles.